The van der Waals surface area contributed by atoms with Gasteiger partial charge in [0.05, 0.1) is 0 Å². The van der Waals surface area contributed by atoms with Gasteiger partial charge >= 0.3 is 0 Å². The molecule has 0 unspecified atom stereocenters. The highest BCUT2D eigenvalue weighted by molar-refractivity contribution is 5.28. The summed E-state index contributed by atoms with van der Waals surface area (Å²) >= 11 is 0. The van der Waals surface area contributed by atoms with E-state index in [0.29, 0.717) is 12.6 Å². The van der Waals surface area contributed by atoms with Gasteiger partial charge in [-0.3, -0.25) is 0 Å². The van der Waals surface area contributed by atoms with Crippen LogP contribution in [-0.2, 0) is 6.54 Å². The normalized spacial score (nSPS) is 16.1. The second kappa shape index (κ2) is 3.06. The number of hydrogen-bond donors (Lipinski definition) is 2. The van der Waals surface area contributed by atoms with E-state index in [1.165, 1.54) is 12.8 Å². The van der Waals surface area contributed by atoms with Crippen LogP contribution in [-0.4, -0.2) is 16.0 Å². The van der Waals surface area contributed by atoms with Gasteiger partial charge in [0.1, 0.15) is 0 Å². The molecule has 1 fully saturated rings. The number of anilines is 1. The molecule has 1 aromatic rings. The lowest BCUT2D eigenvalue weighted by Gasteiger charge is -2.01. The summed E-state index contributed by atoms with van der Waals surface area (Å²) in [5.74, 6) is 0.717. The molecule has 0 amide bonds. The van der Waals surface area contributed by atoms with Crippen molar-refractivity contribution in [3.63, 3.8) is 0 Å². The van der Waals surface area contributed by atoms with Crippen molar-refractivity contribution >= 4 is 5.95 Å². The summed E-state index contributed by atoms with van der Waals surface area (Å²) in [5, 5.41) is 3.20. The fraction of sp³-hybridized carbons (Fsp3) is 0.500. The molecule has 1 heterocycles. The van der Waals surface area contributed by atoms with Crippen molar-refractivity contribution in [2.75, 3.05) is 5.32 Å². The van der Waals surface area contributed by atoms with E-state index in [1.807, 2.05) is 0 Å². The highest BCUT2D eigenvalue weighted by atomic mass is 15.1. The van der Waals surface area contributed by atoms with E-state index in [4.69, 9.17) is 5.73 Å². The van der Waals surface area contributed by atoms with E-state index < -0.39 is 0 Å². The number of nitrogens with zero attached hydrogens (tertiary/aromatic N) is 2. The van der Waals surface area contributed by atoms with Crippen molar-refractivity contribution < 1.29 is 0 Å². The lowest BCUT2D eigenvalue weighted by molar-refractivity contribution is 0.987. The van der Waals surface area contributed by atoms with Crippen molar-refractivity contribution in [3.05, 3.63) is 18.0 Å². The van der Waals surface area contributed by atoms with Crippen LogP contribution in [0.15, 0.2) is 12.4 Å². The standard InChI is InChI=1S/C8H12N4/c9-3-6-4-10-8(11-5-6)12-7-1-2-7/h4-5,7H,1-3,9H2,(H,10,11,12). The molecule has 0 atom stereocenters. The second-order valence-corrected chi connectivity index (χ2v) is 3.04. The first-order valence-corrected chi connectivity index (χ1v) is 4.16. The van der Waals surface area contributed by atoms with Gasteiger partial charge in [-0.1, -0.05) is 0 Å². The molecule has 4 nitrogen and oxygen atoms in total. The van der Waals surface area contributed by atoms with Crippen molar-refractivity contribution in [1.29, 1.82) is 0 Å². The van der Waals surface area contributed by atoms with Gasteiger partial charge < -0.3 is 11.1 Å². The van der Waals surface area contributed by atoms with E-state index >= 15 is 0 Å². The van der Waals surface area contributed by atoms with Gasteiger partial charge in [0, 0.05) is 30.5 Å². The van der Waals surface area contributed by atoms with Gasteiger partial charge in [-0.05, 0) is 12.8 Å². The van der Waals surface area contributed by atoms with Crippen LogP contribution in [0, 0.1) is 0 Å². The zero-order valence-electron chi connectivity index (χ0n) is 6.83. The number of rotatable bonds is 3. The topological polar surface area (TPSA) is 63.8 Å². The Morgan fingerprint density at radius 3 is 2.58 bits per heavy atom. The van der Waals surface area contributed by atoms with Crippen LogP contribution in [0.25, 0.3) is 0 Å². The van der Waals surface area contributed by atoms with Crippen LogP contribution >= 0.6 is 0 Å². The first kappa shape index (κ1) is 7.49. The summed E-state index contributed by atoms with van der Waals surface area (Å²) in [6, 6.07) is 0.605. The van der Waals surface area contributed by atoms with Gasteiger partial charge in [0.2, 0.25) is 5.95 Å². The Labute approximate surface area is 71.2 Å². The van der Waals surface area contributed by atoms with Crippen LogP contribution in [0.3, 0.4) is 0 Å². The Bertz CT molecular complexity index is 252. The zero-order valence-corrected chi connectivity index (χ0v) is 6.83. The predicted octanol–water partition coefficient (Wildman–Crippen LogP) is 0.510. The molecule has 3 N–H and O–H groups in total. The quantitative estimate of drug-likeness (QED) is 0.683. The summed E-state index contributed by atoms with van der Waals surface area (Å²) in [6.07, 6.45) is 6.00. The third kappa shape index (κ3) is 1.71. The average Bonchev–Trinajstić information content (AvgIpc) is 2.90. The SMILES string of the molecule is NCc1cnc(NC2CC2)nc1. The Balaban J connectivity index is 2.02. The van der Waals surface area contributed by atoms with Crippen LogP contribution in [0.4, 0.5) is 5.95 Å². The highest BCUT2D eigenvalue weighted by Gasteiger charge is 2.21. The fourth-order valence-corrected chi connectivity index (χ4v) is 0.945. The Morgan fingerprint density at radius 2 is 2.08 bits per heavy atom. The minimum Gasteiger partial charge on any atom is -0.351 e. The first-order valence-electron chi connectivity index (χ1n) is 4.16. The van der Waals surface area contributed by atoms with Crippen LogP contribution in [0.2, 0.25) is 0 Å². The molecular weight excluding hydrogens is 152 g/mol. The molecule has 1 aromatic heterocycles. The maximum Gasteiger partial charge on any atom is 0.222 e. The summed E-state index contributed by atoms with van der Waals surface area (Å²) in [6.45, 7) is 0.504. The van der Waals surface area contributed by atoms with Gasteiger partial charge in [0.15, 0.2) is 0 Å². The van der Waals surface area contributed by atoms with Crippen LogP contribution in [0.1, 0.15) is 18.4 Å². The molecule has 0 spiro atoms. The minimum absolute atomic E-state index is 0.504. The average molecular weight is 164 g/mol. The van der Waals surface area contributed by atoms with Gasteiger partial charge in [-0.25, -0.2) is 9.97 Å². The van der Waals surface area contributed by atoms with Crippen molar-refractivity contribution in [2.24, 2.45) is 5.73 Å². The number of nitrogens with two attached hydrogens (primary N) is 1. The molecule has 1 saturated carbocycles. The largest absolute Gasteiger partial charge is 0.351 e. The Hall–Kier alpha value is -1.16. The Kier molecular flexibility index (Phi) is 1.91. The van der Waals surface area contributed by atoms with Gasteiger partial charge in [-0.2, -0.15) is 0 Å². The van der Waals surface area contributed by atoms with E-state index in [1.54, 1.807) is 12.4 Å². The molecule has 1 aliphatic carbocycles. The lowest BCUT2D eigenvalue weighted by Crippen LogP contribution is -2.06. The first-order chi connectivity index (χ1) is 5.88. The molecule has 1 aliphatic rings. The molecule has 0 aromatic carbocycles. The Morgan fingerprint density at radius 1 is 1.42 bits per heavy atom. The number of nitrogens with one attached hydrogen (secondary N) is 1. The molecule has 4 heteroatoms. The summed E-state index contributed by atoms with van der Waals surface area (Å²) in [4.78, 5) is 8.25. The second-order valence-electron chi connectivity index (χ2n) is 3.04. The van der Waals surface area contributed by atoms with E-state index in [2.05, 4.69) is 15.3 Å². The monoisotopic (exact) mass is 164 g/mol. The van der Waals surface area contributed by atoms with Gasteiger partial charge in [0.25, 0.3) is 0 Å². The van der Waals surface area contributed by atoms with E-state index in [0.717, 1.165) is 11.5 Å². The van der Waals surface area contributed by atoms with Crippen LogP contribution < -0.4 is 11.1 Å². The van der Waals surface area contributed by atoms with Crippen molar-refractivity contribution in [2.45, 2.75) is 25.4 Å². The third-order valence-corrected chi connectivity index (χ3v) is 1.85. The van der Waals surface area contributed by atoms with Crippen LogP contribution in [0.5, 0.6) is 0 Å². The van der Waals surface area contributed by atoms with Crippen molar-refractivity contribution in [3.8, 4) is 0 Å². The minimum atomic E-state index is 0.504. The smallest absolute Gasteiger partial charge is 0.222 e. The summed E-state index contributed by atoms with van der Waals surface area (Å²) in [5.41, 5.74) is 6.38. The molecule has 2 rings (SSSR count). The predicted molar refractivity (Wildman–Crippen MR) is 46.6 cm³/mol. The lowest BCUT2D eigenvalue weighted by atomic mass is 10.3. The van der Waals surface area contributed by atoms with Gasteiger partial charge in [-0.15, -0.1) is 0 Å². The molecule has 0 saturated heterocycles. The molecule has 0 radical (unpaired) electrons. The van der Waals surface area contributed by atoms with Crippen molar-refractivity contribution in [1.82, 2.24) is 9.97 Å². The fourth-order valence-electron chi connectivity index (χ4n) is 0.945. The summed E-state index contributed by atoms with van der Waals surface area (Å²) < 4.78 is 0. The molecule has 0 aliphatic heterocycles. The van der Waals surface area contributed by atoms with E-state index in [9.17, 15) is 0 Å². The maximum absolute atomic E-state index is 5.41. The third-order valence-electron chi connectivity index (χ3n) is 1.85. The number of hydrogen-bond acceptors (Lipinski definition) is 4. The molecular formula is C8H12N4. The summed E-state index contributed by atoms with van der Waals surface area (Å²) in [7, 11) is 0. The number of aromatic nitrogens is 2. The highest BCUT2D eigenvalue weighted by Crippen LogP contribution is 2.22. The van der Waals surface area contributed by atoms with E-state index in [-0.39, 0.29) is 0 Å². The maximum atomic E-state index is 5.41. The molecule has 64 valence electrons. The molecule has 0 bridgehead atoms. The zero-order chi connectivity index (χ0) is 8.39. The molecule has 12 heavy (non-hydrogen) atoms.